The topological polar surface area (TPSA) is 56.2 Å². The van der Waals surface area contributed by atoms with E-state index in [2.05, 4.69) is 26.3 Å². The first-order valence-corrected chi connectivity index (χ1v) is 11.1. The molecule has 2 aromatic heterocycles. The summed E-state index contributed by atoms with van der Waals surface area (Å²) < 4.78 is 8.55. The van der Waals surface area contributed by atoms with Crippen molar-refractivity contribution in [1.82, 2.24) is 9.78 Å². The Hall–Kier alpha value is -2.61. The van der Waals surface area contributed by atoms with Crippen molar-refractivity contribution in [3.8, 4) is 5.75 Å². The highest BCUT2D eigenvalue weighted by Gasteiger charge is 2.11. The Labute approximate surface area is 191 Å². The molecule has 30 heavy (non-hydrogen) atoms. The molecule has 1 amide bonds. The number of carbonyl (C=O) groups excluding carboxylic acids is 1. The standard InChI is InChI=1S/C22H17BrClN3O2S/c23-17-6-4-15(5-7-17)11-27-12-19(10-25-27)26-22(28)21-8-16(14-30-21)13-29-20-3-1-2-18(24)9-20/h1-10,12,14H,11,13H2,(H,26,28). The van der Waals surface area contributed by atoms with Gasteiger partial charge in [0.15, 0.2) is 0 Å². The number of nitrogens with zero attached hydrogens (tertiary/aromatic N) is 2. The number of ether oxygens (including phenoxy) is 1. The number of rotatable bonds is 7. The number of benzene rings is 2. The van der Waals surface area contributed by atoms with E-state index in [1.807, 2.05) is 54.0 Å². The first-order valence-electron chi connectivity index (χ1n) is 9.09. The van der Waals surface area contributed by atoms with Gasteiger partial charge in [-0.05, 0) is 47.3 Å². The second-order valence-corrected chi connectivity index (χ2v) is 8.84. The zero-order chi connectivity index (χ0) is 20.9. The molecule has 0 unspecified atom stereocenters. The molecule has 0 fully saturated rings. The molecule has 2 aromatic carbocycles. The molecule has 0 aliphatic carbocycles. The summed E-state index contributed by atoms with van der Waals surface area (Å²) in [5.74, 6) is 0.523. The van der Waals surface area contributed by atoms with Crippen LogP contribution in [0, 0.1) is 0 Å². The summed E-state index contributed by atoms with van der Waals surface area (Å²) in [5.41, 5.74) is 2.71. The van der Waals surface area contributed by atoms with E-state index in [0.29, 0.717) is 34.5 Å². The molecule has 0 radical (unpaired) electrons. The number of carbonyl (C=O) groups is 1. The van der Waals surface area contributed by atoms with Crippen molar-refractivity contribution < 1.29 is 9.53 Å². The van der Waals surface area contributed by atoms with Crippen LogP contribution in [0.4, 0.5) is 5.69 Å². The average molecular weight is 503 g/mol. The van der Waals surface area contributed by atoms with Crippen LogP contribution in [0.25, 0.3) is 0 Å². The monoisotopic (exact) mass is 501 g/mol. The van der Waals surface area contributed by atoms with E-state index in [1.165, 1.54) is 11.3 Å². The van der Waals surface area contributed by atoms with Gasteiger partial charge in [-0.1, -0.05) is 45.7 Å². The maximum absolute atomic E-state index is 12.6. The largest absolute Gasteiger partial charge is 0.489 e. The van der Waals surface area contributed by atoms with Crippen molar-refractivity contribution in [1.29, 1.82) is 0 Å². The van der Waals surface area contributed by atoms with E-state index in [1.54, 1.807) is 23.0 Å². The third kappa shape index (κ3) is 5.50. The van der Waals surface area contributed by atoms with Gasteiger partial charge in [0.25, 0.3) is 5.91 Å². The van der Waals surface area contributed by atoms with Crippen molar-refractivity contribution in [3.05, 3.63) is 97.9 Å². The van der Waals surface area contributed by atoms with Gasteiger partial charge in [0.05, 0.1) is 23.3 Å². The first-order chi connectivity index (χ1) is 14.5. The normalized spacial score (nSPS) is 10.7. The quantitative estimate of drug-likeness (QED) is 0.325. The molecule has 0 saturated carbocycles. The highest BCUT2D eigenvalue weighted by Crippen LogP contribution is 2.21. The molecule has 152 valence electrons. The third-order valence-corrected chi connectivity index (χ3v) is 5.97. The Morgan fingerprint density at radius 1 is 1.17 bits per heavy atom. The fraction of sp³-hybridized carbons (Fsp3) is 0.0909. The minimum Gasteiger partial charge on any atom is -0.489 e. The summed E-state index contributed by atoms with van der Waals surface area (Å²) in [4.78, 5) is 13.2. The van der Waals surface area contributed by atoms with Crippen LogP contribution in [0.1, 0.15) is 20.8 Å². The smallest absolute Gasteiger partial charge is 0.265 e. The van der Waals surface area contributed by atoms with E-state index < -0.39 is 0 Å². The van der Waals surface area contributed by atoms with E-state index in [9.17, 15) is 4.79 Å². The highest BCUT2D eigenvalue weighted by molar-refractivity contribution is 9.10. The minimum atomic E-state index is -0.169. The number of amides is 1. The van der Waals surface area contributed by atoms with Gasteiger partial charge < -0.3 is 10.1 Å². The van der Waals surface area contributed by atoms with E-state index in [4.69, 9.17) is 16.3 Å². The summed E-state index contributed by atoms with van der Waals surface area (Å²) >= 11 is 10.8. The van der Waals surface area contributed by atoms with Crippen LogP contribution < -0.4 is 10.1 Å². The van der Waals surface area contributed by atoms with Gasteiger partial charge in [0.1, 0.15) is 12.4 Å². The molecule has 0 saturated heterocycles. The molecule has 0 aliphatic rings. The zero-order valence-corrected chi connectivity index (χ0v) is 18.9. The van der Waals surface area contributed by atoms with Crippen LogP contribution >= 0.6 is 38.9 Å². The second-order valence-electron chi connectivity index (χ2n) is 6.57. The van der Waals surface area contributed by atoms with Crippen LogP contribution in [0.15, 0.2) is 76.8 Å². The van der Waals surface area contributed by atoms with Crippen LogP contribution in [0.2, 0.25) is 5.02 Å². The fourth-order valence-electron chi connectivity index (χ4n) is 2.78. The van der Waals surface area contributed by atoms with Gasteiger partial charge in [-0.25, -0.2) is 0 Å². The Balaban J connectivity index is 1.33. The van der Waals surface area contributed by atoms with Gasteiger partial charge in [-0.15, -0.1) is 11.3 Å². The molecule has 4 aromatic rings. The van der Waals surface area contributed by atoms with Crippen molar-refractivity contribution in [2.75, 3.05) is 5.32 Å². The summed E-state index contributed by atoms with van der Waals surface area (Å²) in [5, 5.41) is 9.75. The lowest BCUT2D eigenvalue weighted by molar-refractivity contribution is 0.103. The Bertz CT molecular complexity index is 1160. The van der Waals surface area contributed by atoms with Crippen molar-refractivity contribution >= 4 is 50.5 Å². The van der Waals surface area contributed by atoms with Gasteiger partial charge >= 0.3 is 0 Å². The number of anilines is 1. The van der Waals surface area contributed by atoms with Crippen molar-refractivity contribution in [2.24, 2.45) is 0 Å². The molecular formula is C22H17BrClN3O2S. The molecule has 4 rings (SSSR count). The molecule has 0 bridgehead atoms. The lowest BCUT2D eigenvalue weighted by Crippen LogP contribution is -2.09. The number of thiophene rings is 1. The predicted octanol–water partition coefficient (Wildman–Crippen LogP) is 6.24. The zero-order valence-electron chi connectivity index (χ0n) is 15.7. The maximum Gasteiger partial charge on any atom is 0.265 e. The molecular weight excluding hydrogens is 486 g/mol. The SMILES string of the molecule is O=C(Nc1cnn(Cc2ccc(Br)cc2)c1)c1cc(COc2cccc(Cl)c2)cs1. The summed E-state index contributed by atoms with van der Waals surface area (Å²) in [6, 6.07) is 17.1. The summed E-state index contributed by atoms with van der Waals surface area (Å²) in [6.45, 7) is 1.00. The third-order valence-electron chi connectivity index (χ3n) is 4.23. The van der Waals surface area contributed by atoms with Crippen LogP contribution in [0.5, 0.6) is 5.75 Å². The summed E-state index contributed by atoms with van der Waals surface area (Å²) in [6.07, 6.45) is 3.46. The number of hydrogen-bond donors (Lipinski definition) is 1. The molecule has 0 aliphatic heterocycles. The van der Waals surface area contributed by atoms with Crippen LogP contribution in [-0.4, -0.2) is 15.7 Å². The van der Waals surface area contributed by atoms with Crippen molar-refractivity contribution in [3.63, 3.8) is 0 Å². The molecule has 0 atom stereocenters. The van der Waals surface area contributed by atoms with Gasteiger partial charge in [-0.3, -0.25) is 9.48 Å². The van der Waals surface area contributed by atoms with Gasteiger partial charge in [0, 0.05) is 21.3 Å². The Morgan fingerprint density at radius 3 is 2.80 bits per heavy atom. The number of nitrogens with one attached hydrogen (secondary N) is 1. The van der Waals surface area contributed by atoms with Gasteiger partial charge in [-0.2, -0.15) is 5.10 Å². The summed E-state index contributed by atoms with van der Waals surface area (Å²) in [7, 11) is 0. The lowest BCUT2D eigenvalue weighted by atomic mass is 10.2. The predicted molar refractivity (Wildman–Crippen MR) is 124 cm³/mol. The fourth-order valence-corrected chi connectivity index (χ4v) is 4.01. The Kier molecular flexibility index (Phi) is 6.52. The average Bonchev–Trinajstić information content (AvgIpc) is 3.38. The van der Waals surface area contributed by atoms with Crippen LogP contribution in [0.3, 0.4) is 0 Å². The van der Waals surface area contributed by atoms with Gasteiger partial charge in [0.2, 0.25) is 0 Å². The first kappa shape index (κ1) is 20.7. The van der Waals surface area contributed by atoms with Crippen molar-refractivity contribution in [2.45, 2.75) is 13.2 Å². The van der Waals surface area contributed by atoms with E-state index in [0.717, 1.165) is 15.6 Å². The number of halogens is 2. The number of hydrogen-bond acceptors (Lipinski definition) is 4. The minimum absolute atomic E-state index is 0.169. The highest BCUT2D eigenvalue weighted by atomic mass is 79.9. The van der Waals surface area contributed by atoms with E-state index >= 15 is 0 Å². The Morgan fingerprint density at radius 2 is 2.00 bits per heavy atom. The molecule has 5 nitrogen and oxygen atoms in total. The second kappa shape index (κ2) is 9.47. The molecule has 8 heteroatoms. The van der Waals surface area contributed by atoms with E-state index in [-0.39, 0.29) is 5.91 Å². The molecule has 2 heterocycles. The maximum atomic E-state index is 12.6. The molecule has 1 N–H and O–H groups in total. The lowest BCUT2D eigenvalue weighted by Gasteiger charge is -2.04. The molecule has 0 spiro atoms. The number of aromatic nitrogens is 2. The van der Waals surface area contributed by atoms with Crippen LogP contribution in [-0.2, 0) is 13.2 Å².